The first-order chi connectivity index (χ1) is 17.1. The molecule has 0 radical (unpaired) electrons. The Balaban J connectivity index is 1.47. The van der Waals surface area contributed by atoms with Crippen molar-refractivity contribution < 1.29 is 14.3 Å². The molecule has 1 saturated carbocycles. The van der Waals surface area contributed by atoms with Gasteiger partial charge in [0.05, 0.1) is 19.4 Å². The van der Waals surface area contributed by atoms with Crippen molar-refractivity contribution in [3.8, 4) is 6.07 Å². The molecule has 1 aliphatic heterocycles. The van der Waals surface area contributed by atoms with E-state index < -0.39 is 5.92 Å². The number of amides is 2. The van der Waals surface area contributed by atoms with Crippen molar-refractivity contribution in [2.24, 2.45) is 11.8 Å². The highest BCUT2D eigenvalue weighted by Crippen LogP contribution is 2.31. The summed E-state index contributed by atoms with van der Waals surface area (Å²) in [4.78, 5) is 28.4. The lowest BCUT2D eigenvalue weighted by Gasteiger charge is -2.30. The highest BCUT2D eigenvalue weighted by Gasteiger charge is 2.30. The Kier molecular flexibility index (Phi) is 8.90. The fraction of sp³-hybridized carbons (Fsp3) is 0.556. The van der Waals surface area contributed by atoms with Gasteiger partial charge in [-0.2, -0.15) is 10.4 Å². The molecule has 1 aliphatic carbocycles. The largest absolute Gasteiger partial charge is 0.378 e. The van der Waals surface area contributed by atoms with E-state index in [1.807, 2.05) is 30.3 Å². The number of nitrogens with one attached hydrogen (secondary N) is 1. The summed E-state index contributed by atoms with van der Waals surface area (Å²) in [6.07, 6.45) is 8.92. The summed E-state index contributed by atoms with van der Waals surface area (Å²) in [5.41, 5.74) is 1.49. The molecule has 0 unspecified atom stereocenters. The summed E-state index contributed by atoms with van der Waals surface area (Å²) >= 11 is 0. The zero-order chi connectivity index (χ0) is 24.5. The van der Waals surface area contributed by atoms with Crippen molar-refractivity contribution in [2.75, 3.05) is 31.6 Å². The summed E-state index contributed by atoms with van der Waals surface area (Å²) in [7, 11) is 0. The van der Waals surface area contributed by atoms with Gasteiger partial charge in [0.2, 0.25) is 11.8 Å². The number of nitriles is 1. The topological polar surface area (TPSA) is 100 Å². The molecule has 0 bridgehead atoms. The van der Waals surface area contributed by atoms with Crippen molar-refractivity contribution in [3.05, 3.63) is 47.7 Å². The van der Waals surface area contributed by atoms with Crippen LogP contribution in [0.25, 0.3) is 0 Å². The van der Waals surface area contributed by atoms with Crippen molar-refractivity contribution >= 4 is 17.6 Å². The Morgan fingerprint density at radius 2 is 1.89 bits per heavy atom. The standard InChI is InChI=1S/C27H35N5O3/c28-19-24-20-29-32(12-11-21-7-3-1-4-8-21)26(24)30-27(34)23(17-22-9-5-2-6-10-22)18-25(33)31-13-15-35-16-14-31/h1,3-4,7-8,20,22-23H,2,5-6,9-18H2,(H,30,34)/t23-/m1/s1. The van der Waals surface area contributed by atoms with E-state index in [4.69, 9.17) is 4.74 Å². The number of benzene rings is 1. The Labute approximate surface area is 207 Å². The zero-order valence-electron chi connectivity index (χ0n) is 20.3. The lowest BCUT2D eigenvalue weighted by molar-refractivity contribution is -0.138. The second-order valence-electron chi connectivity index (χ2n) is 9.60. The second-order valence-corrected chi connectivity index (χ2v) is 9.60. The van der Waals surface area contributed by atoms with Gasteiger partial charge in [0.15, 0.2) is 0 Å². The molecule has 8 heteroatoms. The second kappa shape index (κ2) is 12.5. The maximum Gasteiger partial charge on any atom is 0.229 e. The molecule has 1 aromatic carbocycles. The van der Waals surface area contributed by atoms with Gasteiger partial charge in [-0.1, -0.05) is 62.4 Å². The van der Waals surface area contributed by atoms with Crippen molar-refractivity contribution in [1.82, 2.24) is 14.7 Å². The number of rotatable bonds is 9. The van der Waals surface area contributed by atoms with Crippen LogP contribution in [0.2, 0.25) is 0 Å². The molecule has 35 heavy (non-hydrogen) atoms. The predicted molar refractivity (Wildman–Crippen MR) is 132 cm³/mol. The van der Waals surface area contributed by atoms with Gasteiger partial charge in [0.1, 0.15) is 17.5 Å². The fourth-order valence-electron chi connectivity index (χ4n) is 5.13. The van der Waals surface area contributed by atoms with E-state index in [1.165, 1.54) is 25.5 Å². The maximum absolute atomic E-state index is 13.5. The van der Waals surface area contributed by atoms with Crippen LogP contribution in [0.4, 0.5) is 5.82 Å². The molecule has 2 aromatic rings. The van der Waals surface area contributed by atoms with Gasteiger partial charge in [-0.3, -0.25) is 9.59 Å². The van der Waals surface area contributed by atoms with Gasteiger partial charge < -0.3 is 15.0 Å². The smallest absolute Gasteiger partial charge is 0.229 e. The molecule has 8 nitrogen and oxygen atoms in total. The van der Waals surface area contributed by atoms with Gasteiger partial charge in [0, 0.05) is 32.0 Å². The number of aryl methyl sites for hydroxylation is 2. The van der Waals surface area contributed by atoms with Crippen LogP contribution in [0.15, 0.2) is 36.5 Å². The van der Waals surface area contributed by atoms with Crippen LogP contribution in [0.1, 0.15) is 56.1 Å². The van der Waals surface area contributed by atoms with Crippen LogP contribution in [0.3, 0.4) is 0 Å². The molecule has 1 aromatic heterocycles. The monoisotopic (exact) mass is 477 g/mol. The molecule has 4 rings (SSSR count). The third-order valence-electron chi connectivity index (χ3n) is 7.15. The van der Waals surface area contributed by atoms with Crippen LogP contribution >= 0.6 is 0 Å². The third kappa shape index (κ3) is 6.92. The maximum atomic E-state index is 13.5. The number of hydrogen-bond acceptors (Lipinski definition) is 5. The number of anilines is 1. The number of carbonyl (C=O) groups is 2. The minimum atomic E-state index is -0.433. The van der Waals surface area contributed by atoms with Gasteiger partial charge >= 0.3 is 0 Å². The van der Waals surface area contributed by atoms with Crippen LogP contribution in [-0.2, 0) is 27.3 Å². The molecule has 186 valence electrons. The van der Waals surface area contributed by atoms with Gasteiger partial charge in [-0.05, 0) is 24.3 Å². The van der Waals surface area contributed by atoms with E-state index in [9.17, 15) is 14.9 Å². The van der Waals surface area contributed by atoms with Crippen molar-refractivity contribution in [1.29, 1.82) is 5.26 Å². The van der Waals surface area contributed by atoms with E-state index in [-0.39, 0.29) is 18.2 Å². The van der Waals surface area contributed by atoms with Gasteiger partial charge in [0.25, 0.3) is 0 Å². The zero-order valence-corrected chi connectivity index (χ0v) is 20.3. The molecular weight excluding hydrogens is 442 g/mol. The minimum absolute atomic E-state index is 0.00218. The highest BCUT2D eigenvalue weighted by atomic mass is 16.5. The number of hydrogen-bond donors (Lipinski definition) is 1. The number of nitrogens with zero attached hydrogens (tertiary/aromatic N) is 4. The Morgan fingerprint density at radius 1 is 1.14 bits per heavy atom. The fourth-order valence-corrected chi connectivity index (χ4v) is 5.13. The van der Waals surface area contributed by atoms with Crippen LogP contribution in [-0.4, -0.2) is 52.8 Å². The SMILES string of the molecule is N#Cc1cnn(CCc2ccccc2)c1NC(=O)[C@@H](CC(=O)N1CCOCC1)CC1CCCCC1. The van der Waals surface area contributed by atoms with E-state index in [0.29, 0.717) is 56.6 Å². The Bertz CT molecular complexity index is 1020. The molecular formula is C27H35N5O3. The summed E-state index contributed by atoms with van der Waals surface area (Å²) in [6.45, 7) is 2.76. The van der Waals surface area contributed by atoms with E-state index in [2.05, 4.69) is 16.5 Å². The first-order valence-electron chi connectivity index (χ1n) is 12.8. The average molecular weight is 478 g/mol. The van der Waals surface area contributed by atoms with Gasteiger partial charge in [-0.15, -0.1) is 0 Å². The van der Waals surface area contributed by atoms with Gasteiger partial charge in [-0.25, -0.2) is 4.68 Å². The molecule has 2 fully saturated rings. The Morgan fingerprint density at radius 3 is 2.60 bits per heavy atom. The quantitative estimate of drug-likeness (QED) is 0.593. The highest BCUT2D eigenvalue weighted by molar-refractivity contribution is 5.95. The normalized spacial score (nSPS) is 17.5. The molecule has 1 saturated heterocycles. The summed E-state index contributed by atoms with van der Waals surface area (Å²) in [5, 5.41) is 17.0. The molecule has 0 spiro atoms. The summed E-state index contributed by atoms with van der Waals surface area (Å²) in [5.74, 6) is 0.242. The third-order valence-corrected chi connectivity index (χ3v) is 7.15. The van der Waals surface area contributed by atoms with Crippen LogP contribution in [0.5, 0.6) is 0 Å². The molecule has 1 atom stereocenters. The van der Waals surface area contributed by atoms with E-state index in [0.717, 1.165) is 24.8 Å². The molecule has 2 heterocycles. The lowest BCUT2D eigenvalue weighted by Crippen LogP contribution is -2.42. The van der Waals surface area contributed by atoms with Crippen molar-refractivity contribution in [2.45, 2.75) is 57.9 Å². The molecule has 2 aliphatic rings. The van der Waals surface area contributed by atoms with Crippen LogP contribution < -0.4 is 5.32 Å². The number of aromatic nitrogens is 2. The number of carbonyl (C=O) groups excluding carboxylic acids is 2. The number of ether oxygens (including phenoxy) is 1. The summed E-state index contributed by atoms with van der Waals surface area (Å²) in [6, 6.07) is 12.2. The first kappa shape index (κ1) is 24.9. The first-order valence-corrected chi connectivity index (χ1v) is 12.8. The summed E-state index contributed by atoms with van der Waals surface area (Å²) < 4.78 is 7.06. The van der Waals surface area contributed by atoms with E-state index in [1.54, 1.807) is 9.58 Å². The lowest BCUT2D eigenvalue weighted by atomic mass is 9.81. The van der Waals surface area contributed by atoms with Crippen LogP contribution in [0, 0.1) is 23.2 Å². The Hall–Kier alpha value is -3.18. The van der Waals surface area contributed by atoms with E-state index >= 15 is 0 Å². The molecule has 1 N–H and O–H groups in total. The minimum Gasteiger partial charge on any atom is -0.378 e. The predicted octanol–water partition coefficient (Wildman–Crippen LogP) is 3.77. The van der Waals surface area contributed by atoms with Crippen molar-refractivity contribution in [3.63, 3.8) is 0 Å². The molecule has 2 amide bonds. The average Bonchev–Trinajstić information content (AvgIpc) is 3.30. The number of morpholine rings is 1.